The summed E-state index contributed by atoms with van der Waals surface area (Å²) in [7, 11) is 1.35. The summed E-state index contributed by atoms with van der Waals surface area (Å²) in [5.74, 6) is -0.239. The quantitative estimate of drug-likeness (QED) is 0.592. The fourth-order valence-corrected chi connectivity index (χ4v) is 2.89. The molecule has 2 aliphatic heterocycles. The minimum absolute atomic E-state index is 0.137. The van der Waals surface area contributed by atoms with Gasteiger partial charge in [-0.15, -0.1) is 0 Å². The first-order chi connectivity index (χ1) is 7.05. The van der Waals surface area contributed by atoms with E-state index in [1.165, 1.54) is 7.11 Å². The Kier molecular flexibility index (Phi) is 1.41. The lowest BCUT2D eigenvalue weighted by Gasteiger charge is -2.28. The van der Waals surface area contributed by atoms with Crippen LogP contribution in [0.1, 0.15) is 19.8 Å². The van der Waals surface area contributed by atoms with Crippen LogP contribution in [0.3, 0.4) is 0 Å². The van der Waals surface area contributed by atoms with Crippen LogP contribution in [-0.4, -0.2) is 30.6 Å². The topological polar surface area (TPSA) is 52.6 Å². The van der Waals surface area contributed by atoms with E-state index in [4.69, 9.17) is 9.47 Å². The molecule has 1 saturated heterocycles. The van der Waals surface area contributed by atoms with Gasteiger partial charge in [0.05, 0.1) is 18.1 Å². The molecule has 4 nitrogen and oxygen atoms in total. The molecule has 3 aliphatic rings. The van der Waals surface area contributed by atoms with Crippen molar-refractivity contribution in [2.45, 2.75) is 31.5 Å². The van der Waals surface area contributed by atoms with Crippen molar-refractivity contribution in [1.82, 2.24) is 0 Å². The average molecular weight is 208 g/mol. The molecule has 2 bridgehead atoms. The molecular weight excluding hydrogens is 196 g/mol. The Morgan fingerprint density at radius 1 is 1.60 bits per heavy atom. The summed E-state index contributed by atoms with van der Waals surface area (Å²) in [6.07, 6.45) is 2.74. The second-order valence-corrected chi connectivity index (χ2v) is 4.59. The zero-order valence-electron chi connectivity index (χ0n) is 8.70. The second-order valence-electron chi connectivity index (χ2n) is 4.59. The van der Waals surface area contributed by atoms with Gasteiger partial charge in [0, 0.05) is 0 Å². The molecule has 0 N–H and O–H groups in total. The molecule has 0 amide bonds. The molecule has 0 aromatic rings. The second kappa shape index (κ2) is 2.32. The van der Waals surface area contributed by atoms with Gasteiger partial charge in [0.1, 0.15) is 11.7 Å². The Bertz CT molecular complexity index is 405. The van der Waals surface area contributed by atoms with Crippen LogP contribution in [0, 0.1) is 5.41 Å². The van der Waals surface area contributed by atoms with Crippen molar-refractivity contribution < 1.29 is 19.1 Å². The van der Waals surface area contributed by atoms with Gasteiger partial charge in [-0.05, 0) is 25.8 Å². The van der Waals surface area contributed by atoms with Gasteiger partial charge in [-0.25, -0.2) is 4.79 Å². The Balaban J connectivity index is 2.09. The van der Waals surface area contributed by atoms with Gasteiger partial charge in [-0.3, -0.25) is 4.79 Å². The predicted molar refractivity (Wildman–Crippen MR) is 50.1 cm³/mol. The number of rotatable bonds is 1. The summed E-state index contributed by atoms with van der Waals surface area (Å²) < 4.78 is 10.4. The minimum Gasteiger partial charge on any atom is -0.466 e. The van der Waals surface area contributed by atoms with Crippen molar-refractivity contribution in [2.24, 2.45) is 5.41 Å². The van der Waals surface area contributed by atoms with E-state index >= 15 is 0 Å². The van der Waals surface area contributed by atoms with E-state index in [-0.39, 0.29) is 11.8 Å². The van der Waals surface area contributed by atoms with Crippen LogP contribution in [0.25, 0.3) is 0 Å². The third-order valence-corrected chi connectivity index (χ3v) is 3.99. The number of Topliss-reactive ketones (excluding diaryl/α,β-unsaturated/α-hetero) is 1. The third-order valence-electron chi connectivity index (χ3n) is 3.99. The number of esters is 1. The molecule has 4 heteroatoms. The maximum absolute atomic E-state index is 11.9. The summed E-state index contributed by atoms with van der Waals surface area (Å²) in [6, 6.07) is 0. The molecule has 2 fully saturated rings. The standard InChI is InChI=1S/C11H12O4/c1-10-6(9(13)14-2)5-7(15-10)8(12)11(10)3-4-11/h5,7H,3-4H2,1-2H3. The van der Waals surface area contributed by atoms with Gasteiger partial charge in [0.25, 0.3) is 0 Å². The molecule has 0 aromatic carbocycles. The fraction of sp³-hybridized carbons (Fsp3) is 0.636. The van der Waals surface area contributed by atoms with Crippen LogP contribution in [0.15, 0.2) is 11.6 Å². The first-order valence-corrected chi connectivity index (χ1v) is 5.08. The van der Waals surface area contributed by atoms with Crippen molar-refractivity contribution in [3.63, 3.8) is 0 Å². The summed E-state index contributed by atoms with van der Waals surface area (Å²) in [5.41, 5.74) is -0.635. The highest BCUT2D eigenvalue weighted by Gasteiger charge is 2.74. The van der Waals surface area contributed by atoms with Gasteiger partial charge >= 0.3 is 5.97 Å². The smallest absolute Gasteiger partial charge is 0.336 e. The van der Waals surface area contributed by atoms with Crippen LogP contribution in [0.2, 0.25) is 0 Å². The molecule has 1 spiro atoms. The van der Waals surface area contributed by atoms with Gasteiger partial charge in [0.15, 0.2) is 5.78 Å². The van der Waals surface area contributed by atoms with Crippen molar-refractivity contribution in [2.75, 3.05) is 7.11 Å². The Labute approximate surface area is 87.2 Å². The summed E-state index contributed by atoms with van der Waals surface area (Å²) in [4.78, 5) is 23.4. The molecule has 15 heavy (non-hydrogen) atoms. The maximum atomic E-state index is 11.9. The average Bonchev–Trinajstić information content (AvgIpc) is 2.91. The van der Waals surface area contributed by atoms with Crippen LogP contribution >= 0.6 is 0 Å². The monoisotopic (exact) mass is 208 g/mol. The lowest BCUT2D eigenvalue weighted by molar-refractivity contribution is -0.138. The Morgan fingerprint density at radius 2 is 2.27 bits per heavy atom. The number of hydrogen-bond acceptors (Lipinski definition) is 4. The van der Waals surface area contributed by atoms with Gasteiger partial charge in [-0.2, -0.15) is 0 Å². The van der Waals surface area contributed by atoms with E-state index in [1.807, 2.05) is 6.92 Å². The lowest BCUT2D eigenvalue weighted by atomic mass is 9.75. The lowest BCUT2D eigenvalue weighted by Crippen LogP contribution is -2.41. The molecule has 3 rings (SSSR count). The number of fused-ring (bicyclic) bond motifs is 3. The maximum Gasteiger partial charge on any atom is 0.336 e. The number of hydrogen-bond donors (Lipinski definition) is 0. The normalized spacial score (nSPS) is 39.5. The van der Waals surface area contributed by atoms with Crippen molar-refractivity contribution >= 4 is 11.8 Å². The van der Waals surface area contributed by atoms with Gasteiger partial charge in [0.2, 0.25) is 0 Å². The predicted octanol–water partition coefficient (Wildman–Crippen LogP) is 0.606. The molecule has 0 radical (unpaired) electrons. The van der Waals surface area contributed by atoms with E-state index in [9.17, 15) is 9.59 Å². The largest absolute Gasteiger partial charge is 0.466 e. The number of methoxy groups -OCH3 is 1. The zero-order chi connectivity index (χ0) is 10.8. The number of ether oxygens (including phenoxy) is 2. The fourth-order valence-electron chi connectivity index (χ4n) is 2.89. The molecule has 1 saturated carbocycles. The van der Waals surface area contributed by atoms with Crippen molar-refractivity contribution in [3.05, 3.63) is 11.6 Å². The molecule has 0 aromatic heterocycles. The highest BCUT2D eigenvalue weighted by molar-refractivity contribution is 6.05. The van der Waals surface area contributed by atoms with Crippen LogP contribution in [0.4, 0.5) is 0 Å². The zero-order valence-corrected chi connectivity index (χ0v) is 8.70. The summed E-state index contributed by atoms with van der Waals surface area (Å²) in [5, 5.41) is 0. The van der Waals surface area contributed by atoms with Gasteiger partial charge < -0.3 is 9.47 Å². The Morgan fingerprint density at radius 3 is 2.73 bits per heavy atom. The van der Waals surface area contributed by atoms with Gasteiger partial charge in [-0.1, -0.05) is 0 Å². The van der Waals surface area contributed by atoms with E-state index in [0.717, 1.165) is 12.8 Å². The molecule has 2 heterocycles. The number of ketones is 1. The minimum atomic E-state index is -0.734. The first kappa shape index (κ1) is 9.09. The molecule has 1 aliphatic carbocycles. The van der Waals surface area contributed by atoms with E-state index in [0.29, 0.717) is 5.57 Å². The van der Waals surface area contributed by atoms with E-state index in [1.54, 1.807) is 6.08 Å². The third kappa shape index (κ3) is 0.785. The molecule has 2 atom stereocenters. The van der Waals surface area contributed by atoms with Crippen LogP contribution in [-0.2, 0) is 19.1 Å². The summed E-state index contributed by atoms with van der Waals surface area (Å²) >= 11 is 0. The van der Waals surface area contributed by atoms with E-state index in [2.05, 4.69) is 0 Å². The SMILES string of the molecule is COC(=O)C1=CC2OC1(C)C1(CC1)C2=O. The summed E-state index contributed by atoms with van der Waals surface area (Å²) in [6.45, 7) is 1.83. The number of carbonyl (C=O) groups is 2. The van der Waals surface area contributed by atoms with Crippen LogP contribution < -0.4 is 0 Å². The van der Waals surface area contributed by atoms with Crippen molar-refractivity contribution in [1.29, 1.82) is 0 Å². The highest BCUT2D eigenvalue weighted by Crippen LogP contribution is 2.66. The van der Waals surface area contributed by atoms with E-state index < -0.39 is 17.1 Å². The van der Waals surface area contributed by atoms with Crippen molar-refractivity contribution in [3.8, 4) is 0 Å². The highest BCUT2D eigenvalue weighted by atomic mass is 16.5. The Hall–Kier alpha value is -1.16. The molecular formula is C11H12O4. The number of carbonyl (C=O) groups excluding carboxylic acids is 2. The molecule has 80 valence electrons. The molecule has 2 unspecified atom stereocenters. The van der Waals surface area contributed by atoms with Crippen LogP contribution in [0.5, 0.6) is 0 Å². The first-order valence-electron chi connectivity index (χ1n) is 5.08.